The monoisotopic (exact) mass is 377 g/mol. The Morgan fingerprint density at radius 1 is 1.57 bits per heavy atom. The first kappa shape index (κ1) is 17.5. The van der Waals surface area contributed by atoms with E-state index < -0.39 is 0 Å². The molecule has 5 nitrogen and oxygen atoms in total. The molecule has 0 saturated carbocycles. The average molecular weight is 378 g/mol. The van der Waals surface area contributed by atoms with Gasteiger partial charge in [0.15, 0.2) is 0 Å². The number of ether oxygens (including phenoxy) is 1. The van der Waals surface area contributed by atoms with Crippen LogP contribution in [0.5, 0.6) is 0 Å². The molecule has 23 heavy (non-hydrogen) atoms. The van der Waals surface area contributed by atoms with Crippen LogP contribution in [-0.4, -0.2) is 39.3 Å². The summed E-state index contributed by atoms with van der Waals surface area (Å²) in [6.07, 6.45) is 3.63. The molecule has 1 N–H and O–H groups in total. The molecule has 1 aliphatic heterocycles. The lowest BCUT2D eigenvalue weighted by molar-refractivity contribution is -0.117. The smallest absolute Gasteiger partial charge is 0.262 e. The third-order valence-corrected chi connectivity index (χ3v) is 4.28. The molecule has 6 heteroatoms. The molecular weight excluding hydrogens is 358 g/mol. The van der Waals surface area contributed by atoms with E-state index in [-0.39, 0.29) is 17.6 Å². The minimum absolute atomic E-state index is 0.0624. The van der Waals surface area contributed by atoms with E-state index in [0.29, 0.717) is 6.54 Å². The molecule has 0 bridgehead atoms. The molecule has 1 amide bonds. The summed E-state index contributed by atoms with van der Waals surface area (Å²) >= 11 is 3.50. The number of rotatable bonds is 5. The molecule has 0 aliphatic carbocycles. The highest BCUT2D eigenvalue weighted by atomic mass is 79.9. The van der Waals surface area contributed by atoms with Crippen molar-refractivity contribution in [2.24, 2.45) is 0 Å². The number of halogens is 1. The van der Waals surface area contributed by atoms with Crippen LogP contribution in [0.3, 0.4) is 0 Å². The number of benzene rings is 1. The number of anilines is 1. The molecule has 2 rings (SSSR count). The van der Waals surface area contributed by atoms with Crippen molar-refractivity contribution in [1.29, 1.82) is 5.26 Å². The fourth-order valence-corrected chi connectivity index (χ4v) is 3.15. The zero-order chi connectivity index (χ0) is 16.8. The van der Waals surface area contributed by atoms with Crippen molar-refractivity contribution >= 4 is 33.6 Å². The van der Waals surface area contributed by atoms with E-state index in [1.54, 1.807) is 6.08 Å². The molecule has 1 atom stereocenters. The predicted octanol–water partition coefficient (Wildman–Crippen LogP) is 2.72. The summed E-state index contributed by atoms with van der Waals surface area (Å²) in [5.41, 5.74) is 1.92. The van der Waals surface area contributed by atoms with Crippen LogP contribution >= 0.6 is 15.9 Å². The Balaban J connectivity index is 2.06. The average Bonchev–Trinajstić information content (AvgIpc) is 3.03. The summed E-state index contributed by atoms with van der Waals surface area (Å²) in [4.78, 5) is 14.1. The van der Waals surface area contributed by atoms with Gasteiger partial charge in [0, 0.05) is 31.7 Å². The number of carbonyl (C=O) groups is 1. The van der Waals surface area contributed by atoms with Crippen molar-refractivity contribution in [1.82, 2.24) is 5.32 Å². The van der Waals surface area contributed by atoms with Crippen molar-refractivity contribution in [2.75, 3.05) is 32.1 Å². The van der Waals surface area contributed by atoms with Crippen LogP contribution in [0.25, 0.3) is 6.08 Å². The fraction of sp³-hybridized carbons (Fsp3) is 0.412. The van der Waals surface area contributed by atoms with Gasteiger partial charge < -0.3 is 15.0 Å². The molecule has 0 spiro atoms. The van der Waals surface area contributed by atoms with Crippen molar-refractivity contribution in [3.8, 4) is 6.07 Å². The van der Waals surface area contributed by atoms with Crippen molar-refractivity contribution in [3.05, 3.63) is 33.8 Å². The van der Waals surface area contributed by atoms with Crippen molar-refractivity contribution in [2.45, 2.75) is 18.9 Å². The van der Waals surface area contributed by atoms with Crippen molar-refractivity contribution < 1.29 is 9.53 Å². The zero-order valence-electron chi connectivity index (χ0n) is 13.3. The number of nitrogens with one attached hydrogen (secondary N) is 1. The lowest BCUT2D eigenvalue weighted by atomic mass is 10.1. The standard InChI is InChI=1S/C17H20BrN3O2/c1-21(2)16-6-5-12(9-15(16)18)8-13(10-19)17(22)20-11-14-4-3-7-23-14/h5-6,8-9,14H,3-4,7,11H2,1-2H3,(H,20,22)/b13-8-/t14-/m1/s1. The first-order valence-corrected chi connectivity index (χ1v) is 8.29. The van der Waals surface area contributed by atoms with Crippen LogP contribution in [0.15, 0.2) is 28.2 Å². The minimum Gasteiger partial charge on any atom is -0.377 e. The molecule has 1 aromatic carbocycles. The summed E-state index contributed by atoms with van der Waals surface area (Å²) < 4.78 is 6.37. The van der Waals surface area contributed by atoms with Gasteiger partial charge in [-0.2, -0.15) is 5.26 Å². The van der Waals surface area contributed by atoms with Gasteiger partial charge in [0.25, 0.3) is 5.91 Å². The highest BCUT2D eigenvalue weighted by Gasteiger charge is 2.17. The summed E-state index contributed by atoms with van der Waals surface area (Å²) in [6.45, 7) is 1.19. The lowest BCUT2D eigenvalue weighted by Gasteiger charge is -2.14. The Morgan fingerprint density at radius 2 is 2.35 bits per heavy atom. The topological polar surface area (TPSA) is 65.4 Å². The van der Waals surface area contributed by atoms with Crippen LogP contribution in [0.1, 0.15) is 18.4 Å². The second-order valence-electron chi connectivity index (χ2n) is 5.62. The number of nitriles is 1. The van der Waals surface area contributed by atoms with Gasteiger partial charge in [-0.15, -0.1) is 0 Å². The maximum Gasteiger partial charge on any atom is 0.262 e. The van der Waals surface area contributed by atoms with E-state index in [4.69, 9.17) is 4.74 Å². The Labute approximate surface area is 145 Å². The molecule has 1 heterocycles. The summed E-state index contributed by atoms with van der Waals surface area (Å²) in [5.74, 6) is -0.365. The minimum atomic E-state index is -0.365. The van der Waals surface area contributed by atoms with E-state index in [0.717, 1.165) is 35.2 Å². The highest BCUT2D eigenvalue weighted by molar-refractivity contribution is 9.10. The van der Waals surface area contributed by atoms with Gasteiger partial charge in [0.05, 0.1) is 11.8 Å². The van der Waals surface area contributed by atoms with Gasteiger partial charge in [0.2, 0.25) is 0 Å². The number of carbonyl (C=O) groups excluding carboxylic acids is 1. The molecule has 1 aromatic rings. The van der Waals surface area contributed by atoms with E-state index in [1.165, 1.54) is 0 Å². The molecular formula is C17H20BrN3O2. The highest BCUT2D eigenvalue weighted by Crippen LogP contribution is 2.26. The van der Waals surface area contributed by atoms with Gasteiger partial charge in [-0.05, 0) is 52.5 Å². The van der Waals surface area contributed by atoms with Crippen LogP contribution in [-0.2, 0) is 9.53 Å². The first-order valence-electron chi connectivity index (χ1n) is 7.49. The van der Waals surface area contributed by atoms with Crippen molar-refractivity contribution in [3.63, 3.8) is 0 Å². The Bertz CT molecular complexity index is 644. The summed E-state index contributed by atoms with van der Waals surface area (Å²) in [6, 6.07) is 7.67. The van der Waals surface area contributed by atoms with Crippen LogP contribution in [0.2, 0.25) is 0 Å². The first-order chi connectivity index (χ1) is 11.0. The van der Waals surface area contributed by atoms with E-state index in [9.17, 15) is 10.1 Å². The third-order valence-electron chi connectivity index (χ3n) is 3.64. The maximum absolute atomic E-state index is 12.1. The van der Waals surface area contributed by atoms with Gasteiger partial charge in [-0.3, -0.25) is 4.79 Å². The molecule has 0 radical (unpaired) electrons. The molecule has 1 fully saturated rings. The molecule has 1 aliphatic rings. The quantitative estimate of drug-likeness (QED) is 0.632. The Hall–Kier alpha value is -1.84. The largest absolute Gasteiger partial charge is 0.377 e. The normalized spacial score (nSPS) is 17.7. The summed E-state index contributed by atoms with van der Waals surface area (Å²) in [7, 11) is 3.91. The molecule has 122 valence electrons. The van der Waals surface area contributed by atoms with Crippen LogP contribution in [0.4, 0.5) is 5.69 Å². The second kappa shape index (κ2) is 8.14. The SMILES string of the molecule is CN(C)c1ccc(/C=C(/C#N)C(=O)NC[C@H]2CCCO2)cc1Br. The fourth-order valence-electron chi connectivity index (χ4n) is 2.40. The molecule has 1 saturated heterocycles. The molecule has 0 unspecified atom stereocenters. The Kier molecular flexibility index (Phi) is 6.20. The van der Waals surface area contributed by atoms with Crippen LogP contribution in [0, 0.1) is 11.3 Å². The number of hydrogen-bond donors (Lipinski definition) is 1. The predicted molar refractivity (Wildman–Crippen MR) is 94.0 cm³/mol. The maximum atomic E-state index is 12.1. The van der Waals surface area contributed by atoms with Gasteiger partial charge in [-0.1, -0.05) is 6.07 Å². The van der Waals surface area contributed by atoms with Crippen LogP contribution < -0.4 is 10.2 Å². The lowest BCUT2D eigenvalue weighted by Crippen LogP contribution is -2.32. The summed E-state index contributed by atoms with van der Waals surface area (Å²) in [5, 5.41) is 12.0. The number of amides is 1. The zero-order valence-corrected chi connectivity index (χ0v) is 14.9. The second-order valence-corrected chi connectivity index (χ2v) is 6.47. The van der Waals surface area contributed by atoms with E-state index in [1.807, 2.05) is 43.3 Å². The third kappa shape index (κ3) is 4.81. The number of nitrogens with zero attached hydrogens (tertiary/aromatic N) is 2. The molecule has 0 aromatic heterocycles. The van der Waals surface area contributed by atoms with Gasteiger partial charge in [0.1, 0.15) is 11.6 Å². The van der Waals surface area contributed by atoms with Gasteiger partial charge >= 0.3 is 0 Å². The Morgan fingerprint density at radius 3 is 2.91 bits per heavy atom. The van der Waals surface area contributed by atoms with E-state index in [2.05, 4.69) is 21.2 Å². The van der Waals surface area contributed by atoms with Gasteiger partial charge in [-0.25, -0.2) is 0 Å². The van der Waals surface area contributed by atoms with E-state index >= 15 is 0 Å². The number of hydrogen-bond acceptors (Lipinski definition) is 4.